The molecular weight excluding hydrogens is 204 g/mol. The summed E-state index contributed by atoms with van der Waals surface area (Å²) in [5.74, 6) is 0.155. The van der Waals surface area contributed by atoms with E-state index >= 15 is 0 Å². The van der Waals surface area contributed by atoms with Gasteiger partial charge in [0.2, 0.25) is 0 Å². The van der Waals surface area contributed by atoms with Crippen molar-refractivity contribution in [2.45, 2.75) is 32.2 Å². The molecule has 0 spiro atoms. The average molecular weight is 220 g/mol. The zero-order chi connectivity index (χ0) is 11.5. The van der Waals surface area contributed by atoms with Gasteiger partial charge in [0.25, 0.3) is 5.56 Å². The van der Waals surface area contributed by atoms with Crippen molar-refractivity contribution in [2.75, 3.05) is 6.54 Å². The molecule has 0 amide bonds. The van der Waals surface area contributed by atoms with Crippen LogP contribution >= 0.6 is 0 Å². The quantitative estimate of drug-likeness (QED) is 0.816. The van der Waals surface area contributed by atoms with Gasteiger partial charge in [0.15, 0.2) is 5.78 Å². The molecule has 0 unspecified atom stereocenters. The Morgan fingerprint density at radius 2 is 2.06 bits per heavy atom. The summed E-state index contributed by atoms with van der Waals surface area (Å²) in [6.45, 7) is 1.18. The predicted octanol–water partition coefficient (Wildman–Crippen LogP) is 0.716. The minimum Gasteiger partial charge on any atom is -0.330 e. The minimum absolute atomic E-state index is 0.0260. The molecule has 0 radical (unpaired) electrons. The summed E-state index contributed by atoms with van der Waals surface area (Å²) in [4.78, 5) is 23.4. The molecule has 1 aliphatic rings. The second kappa shape index (κ2) is 4.61. The molecule has 0 aromatic carbocycles. The monoisotopic (exact) mass is 220 g/mol. The van der Waals surface area contributed by atoms with Crippen LogP contribution in [-0.2, 0) is 13.0 Å². The number of aromatic nitrogens is 1. The number of carbonyl (C=O) groups excluding carboxylic acids is 1. The van der Waals surface area contributed by atoms with Crippen molar-refractivity contribution >= 4 is 5.78 Å². The Kier molecular flexibility index (Phi) is 3.19. The minimum atomic E-state index is -0.0260. The lowest BCUT2D eigenvalue weighted by Crippen LogP contribution is -2.28. The summed E-state index contributed by atoms with van der Waals surface area (Å²) < 4.78 is 1.71. The lowest BCUT2D eigenvalue weighted by Gasteiger charge is -2.19. The number of ketones is 1. The third-order valence-electron chi connectivity index (χ3n) is 3.00. The van der Waals surface area contributed by atoms with Crippen molar-refractivity contribution < 1.29 is 4.79 Å². The van der Waals surface area contributed by atoms with E-state index in [4.69, 9.17) is 5.73 Å². The van der Waals surface area contributed by atoms with Crippen LogP contribution in [0.2, 0.25) is 0 Å². The number of nitrogens with zero attached hydrogens (tertiary/aromatic N) is 1. The fourth-order valence-corrected chi connectivity index (χ4v) is 2.19. The van der Waals surface area contributed by atoms with Crippen molar-refractivity contribution in [3.8, 4) is 0 Å². The van der Waals surface area contributed by atoms with Crippen LogP contribution in [0.1, 0.15) is 35.3 Å². The van der Waals surface area contributed by atoms with Crippen molar-refractivity contribution in [2.24, 2.45) is 5.73 Å². The summed E-state index contributed by atoms with van der Waals surface area (Å²) in [6, 6.07) is 3.15. The number of hydrogen-bond acceptors (Lipinski definition) is 3. The van der Waals surface area contributed by atoms with E-state index in [0.29, 0.717) is 19.5 Å². The van der Waals surface area contributed by atoms with Gasteiger partial charge in [-0.3, -0.25) is 9.59 Å². The first-order chi connectivity index (χ1) is 7.74. The highest BCUT2D eigenvalue weighted by Gasteiger charge is 2.20. The number of pyridine rings is 1. The first-order valence-corrected chi connectivity index (χ1v) is 5.70. The largest absolute Gasteiger partial charge is 0.330 e. The van der Waals surface area contributed by atoms with Gasteiger partial charge in [-0.2, -0.15) is 0 Å². The van der Waals surface area contributed by atoms with E-state index in [1.54, 1.807) is 10.6 Å². The topological polar surface area (TPSA) is 65.1 Å². The van der Waals surface area contributed by atoms with Gasteiger partial charge in [-0.25, -0.2) is 0 Å². The second-order valence-electron chi connectivity index (χ2n) is 4.10. The van der Waals surface area contributed by atoms with Crippen molar-refractivity contribution in [3.05, 3.63) is 33.7 Å². The average Bonchev–Trinajstić information content (AvgIpc) is 2.28. The van der Waals surface area contributed by atoms with E-state index in [1.165, 1.54) is 6.07 Å². The molecular formula is C12H16N2O2. The molecule has 0 aliphatic heterocycles. The van der Waals surface area contributed by atoms with Crippen LogP contribution in [0.5, 0.6) is 0 Å². The van der Waals surface area contributed by atoms with E-state index in [-0.39, 0.29) is 11.3 Å². The standard InChI is InChI=1S/C12H16N2O2/c13-7-2-8-14-10-3-1-4-11(15)9(10)5-6-12(14)16/h5-6H,1-4,7-8,13H2. The molecule has 1 heterocycles. The van der Waals surface area contributed by atoms with Crippen LogP contribution in [0.4, 0.5) is 0 Å². The SMILES string of the molecule is NCCCn1c2c(ccc1=O)C(=O)CCC2. The highest BCUT2D eigenvalue weighted by molar-refractivity contribution is 5.97. The fraction of sp³-hybridized carbons (Fsp3) is 0.500. The molecule has 1 aromatic heterocycles. The Hall–Kier alpha value is -1.42. The Labute approximate surface area is 94.1 Å². The van der Waals surface area contributed by atoms with E-state index in [0.717, 1.165) is 30.5 Å². The molecule has 86 valence electrons. The molecule has 1 aliphatic carbocycles. The molecule has 0 saturated heterocycles. The van der Waals surface area contributed by atoms with Crippen LogP contribution in [0.15, 0.2) is 16.9 Å². The number of Topliss-reactive ketones (excluding diaryl/α,β-unsaturated/α-hetero) is 1. The van der Waals surface area contributed by atoms with Gasteiger partial charge >= 0.3 is 0 Å². The number of hydrogen-bond donors (Lipinski definition) is 1. The van der Waals surface area contributed by atoms with Gasteiger partial charge in [-0.1, -0.05) is 0 Å². The van der Waals surface area contributed by atoms with Crippen LogP contribution in [0.25, 0.3) is 0 Å². The van der Waals surface area contributed by atoms with E-state index in [9.17, 15) is 9.59 Å². The van der Waals surface area contributed by atoms with Gasteiger partial charge < -0.3 is 10.3 Å². The summed E-state index contributed by atoms with van der Waals surface area (Å²) >= 11 is 0. The maximum atomic E-state index is 11.7. The smallest absolute Gasteiger partial charge is 0.250 e. The molecule has 0 fully saturated rings. The van der Waals surface area contributed by atoms with Gasteiger partial charge in [-0.15, -0.1) is 0 Å². The zero-order valence-corrected chi connectivity index (χ0v) is 9.24. The maximum absolute atomic E-state index is 11.7. The Balaban J connectivity index is 2.46. The number of rotatable bonds is 3. The molecule has 1 aromatic rings. The van der Waals surface area contributed by atoms with Crippen molar-refractivity contribution in [1.29, 1.82) is 0 Å². The van der Waals surface area contributed by atoms with Gasteiger partial charge in [0, 0.05) is 30.3 Å². The number of nitrogens with two attached hydrogens (primary N) is 1. The lowest BCUT2D eigenvalue weighted by molar-refractivity contribution is 0.0970. The fourth-order valence-electron chi connectivity index (χ4n) is 2.19. The third kappa shape index (κ3) is 1.93. The third-order valence-corrected chi connectivity index (χ3v) is 3.00. The van der Waals surface area contributed by atoms with E-state index in [2.05, 4.69) is 0 Å². The van der Waals surface area contributed by atoms with Gasteiger partial charge in [-0.05, 0) is 31.9 Å². The van der Waals surface area contributed by atoms with Crippen molar-refractivity contribution in [3.63, 3.8) is 0 Å². The molecule has 2 rings (SSSR count). The lowest BCUT2D eigenvalue weighted by atomic mass is 9.94. The zero-order valence-electron chi connectivity index (χ0n) is 9.24. The predicted molar refractivity (Wildman–Crippen MR) is 61.6 cm³/mol. The molecule has 0 bridgehead atoms. The molecule has 2 N–H and O–H groups in total. The van der Waals surface area contributed by atoms with Crippen LogP contribution < -0.4 is 11.3 Å². The maximum Gasteiger partial charge on any atom is 0.250 e. The molecule has 4 nitrogen and oxygen atoms in total. The van der Waals surface area contributed by atoms with E-state index < -0.39 is 0 Å². The van der Waals surface area contributed by atoms with Crippen LogP contribution in [-0.4, -0.2) is 16.9 Å². The Morgan fingerprint density at radius 1 is 1.25 bits per heavy atom. The summed E-state index contributed by atoms with van der Waals surface area (Å²) in [6.07, 6.45) is 3.03. The van der Waals surface area contributed by atoms with Crippen LogP contribution in [0, 0.1) is 0 Å². The molecule has 0 saturated carbocycles. The van der Waals surface area contributed by atoms with Crippen LogP contribution in [0.3, 0.4) is 0 Å². The highest BCUT2D eigenvalue weighted by Crippen LogP contribution is 2.19. The normalized spacial score (nSPS) is 14.9. The molecule has 16 heavy (non-hydrogen) atoms. The van der Waals surface area contributed by atoms with Gasteiger partial charge in [0.05, 0.1) is 0 Å². The van der Waals surface area contributed by atoms with Crippen molar-refractivity contribution in [1.82, 2.24) is 4.57 Å². The summed E-state index contributed by atoms with van der Waals surface area (Å²) in [5, 5.41) is 0. The number of carbonyl (C=O) groups is 1. The Morgan fingerprint density at radius 3 is 2.81 bits per heavy atom. The second-order valence-corrected chi connectivity index (χ2v) is 4.10. The van der Waals surface area contributed by atoms with E-state index in [1.807, 2.05) is 0 Å². The van der Waals surface area contributed by atoms with Gasteiger partial charge in [0.1, 0.15) is 0 Å². The highest BCUT2D eigenvalue weighted by atomic mass is 16.1. The molecule has 4 heteroatoms. The molecule has 0 atom stereocenters. The summed E-state index contributed by atoms with van der Waals surface area (Å²) in [7, 11) is 0. The Bertz CT molecular complexity index is 463. The summed E-state index contributed by atoms with van der Waals surface area (Å²) in [5.41, 5.74) is 7.05. The number of fused-ring (bicyclic) bond motifs is 1. The first kappa shape index (κ1) is 11.1. The first-order valence-electron chi connectivity index (χ1n) is 5.70.